The second kappa shape index (κ2) is 6.74. The van der Waals surface area contributed by atoms with Crippen molar-refractivity contribution in [1.82, 2.24) is 9.97 Å². The Bertz CT molecular complexity index is 866. The SMILES string of the molecule is COc1ccc(Nc2nccc(-c3cccc([N+](=O)[O-])c3)n2)cc1. The number of non-ortho nitro benzene ring substituents is 1. The number of benzene rings is 2. The van der Waals surface area contributed by atoms with Crippen molar-refractivity contribution in [2.75, 3.05) is 12.4 Å². The number of nitrogens with zero attached hydrogens (tertiary/aromatic N) is 3. The lowest BCUT2D eigenvalue weighted by molar-refractivity contribution is -0.384. The zero-order valence-electron chi connectivity index (χ0n) is 12.8. The van der Waals surface area contributed by atoms with Gasteiger partial charge in [0, 0.05) is 29.6 Å². The molecule has 3 aromatic rings. The highest BCUT2D eigenvalue weighted by molar-refractivity contribution is 5.64. The summed E-state index contributed by atoms with van der Waals surface area (Å²) in [6, 6.07) is 15.4. The molecule has 0 fully saturated rings. The number of nitro groups is 1. The van der Waals surface area contributed by atoms with E-state index in [0.29, 0.717) is 17.2 Å². The van der Waals surface area contributed by atoms with Gasteiger partial charge in [0.1, 0.15) is 5.75 Å². The average Bonchev–Trinajstić information content (AvgIpc) is 2.63. The molecule has 0 saturated heterocycles. The third-order valence-corrected chi connectivity index (χ3v) is 3.35. The third kappa shape index (κ3) is 3.46. The summed E-state index contributed by atoms with van der Waals surface area (Å²) in [6.45, 7) is 0. The van der Waals surface area contributed by atoms with Gasteiger partial charge in [-0.25, -0.2) is 9.97 Å². The number of aromatic nitrogens is 2. The Morgan fingerprint density at radius 2 is 1.92 bits per heavy atom. The molecule has 0 aliphatic rings. The van der Waals surface area contributed by atoms with Crippen molar-refractivity contribution in [3.05, 3.63) is 70.9 Å². The molecule has 1 N–H and O–H groups in total. The Morgan fingerprint density at radius 1 is 1.12 bits per heavy atom. The minimum Gasteiger partial charge on any atom is -0.497 e. The molecule has 7 heteroatoms. The number of nitro benzene ring substituents is 1. The molecular formula is C17H14N4O3. The smallest absolute Gasteiger partial charge is 0.270 e. The Labute approximate surface area is 138 Å². The number of nitrogens with one attached hydrogen (secondary N) is 1. The maximum Gasteiger partial charge on any atom is 0.270 e. The minimum atomic E-state index is -0.429. The maximum absolute atomic E-state index is 10.9. The molecule has 0 spiro atoms. The van der Waals surface area contributed by atoms with Crippen molar-refractivity contribution in [3.8, 4) is 17.0 Å². The van der Waals surface area contributed by atoms with Crippen molar-refractivity contribution < 1.29 is 9.66 Å². The fraction of sp³-hybridized carbons (Fsp3) is 0.0588. The molecule has 1 heterocycles. The van der Waals surface area contributed by atoms with Crippen LogP contribution in [0.3, 0.4) is 0 Å². The van der Waals surface area contributed by atoms with Crippen molar-refractivity contribution in [2.45, 2.75) is 0 Å². The van der Waals surface area contributed by atoms with Crippen molar-refractivity contribution in [2.24, 2.45) is 0 Å². The van der Waals surface area contributed by atoms with Crippen LogP contribution < -0.4 is 10.1 Å². The second-order valence-corrected chi connectivity index (χ2v) is 4.93. The molecule has 24 heavy (non-hydrogen) atoms. The van der Waals surface area contributed by atoms with Gasteiger partial charge in [0.25, 0.3) is 5.69 Å². The highest BCUT2D eigenvalue weighted by Crippen LogP contribution is 2.24. The van der Waals surface area contributed by atoms with E-state index in [4.69, 9.17) is 4.74 Å². The number of anilines is 2. The normalized spacial score (nSPS) is 10.2. The average molecular weight is 322 g/mol. The Balaban J connectivity index is 1.86. The van der Waals surface area contributed by atoms with Gasteiger partial charge in [-0.2, -0.15) is 0 Å². The summed E-state index contributed by atoms with van der Waals surface area (Å²) in [4.78, 5) is 19.0. The van der Waals surface area contributed by atoms with Gasteiger partial charge in [-0.3, -0.25) is 10.1 Å². The van der Waals surface area contributed by atoms with E-state index in [1.807, 2.05) is 24.3 Å². The van der Waals surface area contributed by atoms with Crippen LogP contribution in [0.5, 0.6) is 5.75 Å². The van der Waals surface area contributed by atoms with Crippen LogP contribution in [0, 0.1) is 10.1 Å². The molecule has 0 bridgehead atoms. The van der Waals surface area contributed by atoms with Crippen LogP contribution in [-0.2, 0) is 0 Å². The summed E-state index contributed by atoms with van der Waals surface area (Å²) in [6.07, 6.45) is 1.60. The van der Waals surface area contributed by atoms with E-state index < -0.39 is 4.92 Å². The molecule has 0 atom stereocenters. The predicted molar refractivity (Wildman–Crippen MR) is 90.4 cm³/mol. The van der Waals surface area contributed by atoms with Crippen LogP contribution in [0.15, 0.2) is 60.8 Å². The molecule has 3 rings (SSSR count). The summed E-state index contributed by atoms with van der Waals surface area (Å²) < 4.78 is 5.11. The molecule has 1 aromatic heterocycles. The predicted octanol–water partition coefficient (Wildman–Crippen LogP) is 3.80. The van der Waals surface area contributed by atoms with Gasteiger partial charge >= 0.3 is 0 Å². The summed E-state index contributed by atoms with van der Waals surface area (Å²) >= 11 is 0. The van der Waals surface area contributed by atoms with E-state index in [2.05, 4.69) is 15.3 Å². The zero-order valence-corrected chi connectivity index (χ0v) is 12.8. The number of hydrogen-bond donors (Lipinski definition) is 1. The summed E-state index contributed by atoms with van der Waals surface area (Å²) in [7, 11) is 1.61. The number of rotatable bonds is 5. The quantitative estimate of drug-likeness (QED) is 0.567. The van der Waals surface area contributed by atoms with Crippen LogP contribution in [0.25, 0.3) is 11.3 Å². The van der Waals surface area contributed by atoms with E-state index in [9.17, 15) is 10.1 Å². The summed E-state index contributed by atoms with van der Waals surface area (Å²) in [5.41, 5.74) is 2.09. The highest BCUT2D eigenvalue weighted by atomic mass is 16.6. The van der Waals surface area contributed by atoms with E-state index in [1.165, 1.54) is 12.1 Å². The molecule has 0 aliphatic carbocycles. The van der Waals surface area contributed by atoms with Crippen LogP contribution in [0.4, 0.5) is 17.3 Å². The van der Waals surface area contributed by atoms with E-state index in [1.54, 1.807) is 31.5 Å². The van der Waals surface area contributed by atoms with E-state index >= 15 is 0 Å². The van der Waals surface area contributed by atoms with E-state index in [-0.39, 0.29) is 5.69 Å². The van der Waals surface area contributed by atoms with E-state index in [0.717, 1.165) is 11.4 Å². The van der Waals surface area contributed by atoms with Crippen molar-refractivity contribution in [1.29, 1.82) is 0 Å². The van der Waals surface area contributed by atoms with Crippen molar-refractivity contribution >= 4 is 17.3 Å². The fourth-order valence-corrected chi connectivity index (χ4v) is 2.16. The van der Waals surface area contributed by atoms with Crippen molar-refractivity contribution in [3.63, 3.8) is 0 Å². The van der Waals surface area contributed by atoms with Gasteiger partial charge in [-0.15, -0.1) is 0 Å². The first kappa shape index (κ1) is 15.4. The lowest BCUT2D eigenvalue weighted by Crippen LogP contribution is -1.98. The first-order valence-electron chi connectivity index (χ1n) is 7.14. The third-order valence-electron chi connectivity index (χ3n) is 3.35. The first-order valence-corrected chi connectivity index (χ1v) is 7.14. The largest absolute Gasteiger partial charge is 0.497 e. The van der Waals surface area contributed by atoms with Gasteiger partial charge in [-0.1, -0.05) is 12.1 Å². The number of ether oxygens (including phenoxy) is 1. The number of hydrogen-bond acceptors (Lipinski definition) is 6. The Hall–Kier alpha value is -3.48. The summed E-state index contributed by atoms with van der Waals surface area (Å²) in [5.74, 6) is 1.16. The minimum absolute atomic E-state index is 0.0239. The molecule has 0 aliphatic heterocycles. The highest BCUT2D eigenvalue weighted by Gasteiger charge is 2.09. The summed E-state index contributed by atoms with van der Waals surface area (Å²) in [5, 5.41) is 14.0. The molecule has 120 valence electrons. The Kier molecular flexibility index (Phi) is 4.33. The second-order valence-electron chi connectivity index (χ2n) is 4.93. The van der Waals surface area contributed by atoms with Gasteiger partial charge in [0.15, 0.2) is 0 Å². The van der Waals surface area contributed by atoms with Crippen LogP contribution in [0.1, 0.15) is 0 Å². The van der Waals surface area contributed by atoms with Gasteiger partial charge in [0.2, 0.25) is 5.95 Å². The standard InChI is InChI=1S/C17H14N4O3/c1-24-15-7-5-13(6-8-15)19-17-18-10-9-16(20-17)12-3-2-4-14(11-12)21(22)23/h2-11H,1H3,(H,18,19,20). The maximum atomic E-state index is 10.9. The molecule has 7 nitrogen and oxygen atoms in total. The molecule has 2 aromatic carbocycles. The lowest BCUT2D eigenvalue weighted by Gasteiger charge is -2.07. The van der Waals surface area contributed by atoms with Crippen LogP contribution in [-0.4, -0.2) is 22.0 Å². The fourth-order valence-electron chi connectivity index (χ4n) is 2.16. The number of methoxy groups -OCH3 is 1. The molecule has 0 unspecified atom stereocenters. The van der Waals surface area contributed by atoms with Crippen LogP contribution >= 0.6 is 0 Å². The monoisotopic (exact) mass is 322 g/mol. The van der Waals surface area contributed by atoms with Gasteiger partial charge < -0.3 is 10.1 Å². The van der Waals surface area contributed by atoms with Gasteiger partial charge in [-0.05, 0) is 30.3 Å². The lowest BCUT2D eigenvalue weighted by atomic mass is 10.1. The first-order chi connectivity index (χ1) is 11.7. The zero-order chi connectivity index (χ0) is 16.9. The topological polar surface area (TPSA) is 90.2 Å². The molecule has 0 radical (unpaired) electrons. The Morgan fingerprint density at radius 3 is 2.62 bits per heavy atom. The molecular weight excluding hydrogens is 308 g/mol. The molecule has 0 saturated carbocycles. The van der Waals surface area contributed by atoms with Gasteiger partial charge in [0.05, 0.1) is 17.7 Å². The molecule has 0 amide bonds. The van der Waals surface area contributed by atoms with Crippen LogP contribution in [0.2, 0.25) is 0 Å².